The Kier molecular flexibility index (Phi) is 10.2. The Morgan fingerprint density at radius 3 is 0.972 bits per heavy atom. The molecule has 0 saturated carbocycles. The number of hydrogen-bond donors (Lipinski definition) is 0. The first kappa shape index (κ1) is 42.4. The summed E-state index contributed by atoms with van der Waals surface area (Å²) in [6.45, 7) is 0. The van der Waals surface area contributed by atoms with Gasteiger partial charge in [-0.1, -0.05) is 78.9 Å². The van der Waals surface area contributed by atoms with Crippen LogP contribution >= 0.6 is 0 Å². The fourth-order valence-corrected chi connectivity index (χ4v) is 9.73. The van der Waals surface area contributed by atoms with Crippen molar-refractivity contribution in [2.24, 2.45) is 0 Å². The lowest BCUT2D eigenvalue weighted by Crippen LogP contribution is -2.04. The van der Waals surface area contributed by atoms with Crippen LogP contribution < -0.4 is 0 Å². The zero-order valence-corrected chi connectivity index (χ0v) is 37.9. The molecule has 9 aromatic carbocycles. The molecule has 330 valence electrons. The molecule has 0 atom stereocenters. The average Bonchev–Trinajstić information content (AvgIpc) is 3.95. The molecule has 3 heterocycles. The first-order valence-electron chi connectivity index (χ1n) is 22.9. The summed E-state index contributed by atoms with van der Waals surface area (Å²) in [5.74, 6) is 1.47. The molecular formula is C62H32N10. The third-order valence-electron chi connectivity index (χ3n) is 13.1. The summed E-state index contributed by atoms with van der Waals surface area (Å²) < 4.78 is 4.35. The van der Waals surface area contributed by atoms with E-state index in [4.69, 9.17) is 15.0 Å². The Labute approximate surface area is 412 Å². The summed E-state index contributed by atoms with van der Waals surface area (Å²) in [6, 6.07) is 73.5. The number of nitrogens with zero attached hydrogens (tertiary/aromatic N) is 10. The second-order valence-electron chi connectivity index (χ2n) is 17.2. The van der Waals surface area contributed by atoms with E-state index >= 15 is 0 Å². The quantitative estimate of drug-likeness (QED) is 0.152. The van der Waals surface area contributed by atoms with Gasteiger partial charge in [0.25, 0.3) is 0 Å². The van der Waals surface area contributed by atoms with Crippen molar-refractivity contribution < 1.29 is 0 Å². The molecular weight excluding hydrogens is 885 g/mol. The smallest absolute Gasteiger partial charge is 0.164 e. The predicted molar refractivity (Wildman–Crippen MR) is 279 cm³/mol. The lowest BCUT2D eigenvalue weighted by molar-refractivity contribution is 1.07. The fraction of sp³-hybridized carbons (Fsp3) is 0. The van der Waals surface area contributed by atoms with Crippen LogP contribution in [0.3, 0.4) is 0 Å². The summed E-state index contributed by atoms with van der Waals surface area (Å²) in [7, 11) is 0. The molecule has 10 nitrogen and oxygen atoms in total. The van der Waals surface area contributed by atoms with Crippen LogP contribution in [0.5, 0.6) is 0 Å². The summed E-state index contributed by atoms with van der Waals surface area (Å²) in [6.07, 6.45) is 0. The first-order chi connectivity index (χ1) is 35.4. The second-order valence-corrected chi connectivity index (χ2v) is 17.2. The highest BCUT2D eigenvalue weighted by atomic mass is 15.0. The predicted octanol–water partition coefficient (Wildman–Crippen LogP) is 13.8. The lowest BCUT2D eigenvalue weighted by atomic mass is 9.94. The molecule has 0 aliphatic rings. The molecule has 0 spiro atoms. The van der Waals surface area contributed by atoms with Gasteiger partial charge in [0.2, 0.25) is 0 Å². The molecule has 0 saturated heterocycles. The zero-order chi connectivity index (χ0) is 48.9. The van der Waals surface area contributed by atoms with E-state index in [1.807, 2.05) is 127 Å². The number of fused-ring (bicyclic) bond motifs is 6. The Bertz CT molecular complexity index is 4240. The van der Waals surface area contributed by atoms with Crippen molar-refractivity contribution in [3.05, 3.63) is 222 Å². The molecule has 0 fully saturated rings. The van der Waals surface area contributed by atoms with Crippen LogP contribution in [0.1, 0.15) is 27.8 Å². The molecule has 0 aliphatic carbocycles. The normalized spacial score (nSPS) is 11.0. The minimum atomic E-state index is 0.449. The van der Waals surface area contributed by atoms with E-state index in [-0.39, 0.29) is 0 Å². The maximum Gasteiger partial charge on any atom is 0.164 e. The molecule has 12 aromatic rings. The van der Waals surface area contributed by atoms with Gasteiger partial charge in [0.1, 0.15) is 0 Å². The maximum absolute atomic E-state index is 10.1. The van der Waals surface area contributed by atoms with Gasteiger partial charge in [-0.25, -0.2) is 15.0 Å². The summed E-state index contributed by atoms with van der Waals surface area (Å²) in [4.78, 5) is 15.3. The van der Waals surface area contributed by atoms with Gasteiger partial charge in [0.05, 0.1) is 91.6 Å². The monoisotopic (exact) mass is 916 g/mol. The molecule has 0 unspecified atom stereocenters. The first-order valence-corrected chi connectivity index (χ1v) is 22.9. The van der Waals surface area contributed by atoms with E-state index in [0.717, 1.165) is 88.4 Å². The molecule has 0 amide bonds. The van der Waals surface area contributed by atoms with Gasteiger partial charge in [0.15, 0.2) is 17.5 Å². The van der Waals surface area contributed by atoms with E-state index in [0.29, 0.717) is 50.9 Å². The molecule has 3 aromatic heterocycles. The van der Waals surface area contributed by atoms with Crippen LogP contribution in [0.25, 0.3) is 111 Å². The lowest BCUT2D eigenvalue weighted by Gasteiger charge is -2.21. The van der Waals surface area contributed by atoms with Crippen LogP contribution in [-0.4, -0.2) is 24.1 Å². The van der Waals surface area contributed by atoms with Crippen LogP contribution in [0.15, 0.2) is 194 Å². The van der Waals surface area contributed by atoms with Crippen molar-refractivity contribution in [3.8, 4) is 98.1 Å². The molecule has 12 rings (SSSR count). The van der Waals surface area contributed by atoms with Crippen molar-refractivity contribution in [2.45, 2.75) is 0 Å². The van der Waals surface area contributed by atoms with Gasteiger partial charge in [0, 0.05) is 49.4 Å². The number of benzene rings is 9. The number of aromatic nitrogens is 5. The molecule has 0 aliphatic heterocycles. The van der Waals surface area contributed by atoms with Crippen molar-refractivity contribution >= 4 is 43.6 Å². The van der Waals surface area contributed by atoms with Crippen molar-refractivity contribution in [3.63, 3.8) is 0 Å². The standard InChI is InChI=1S/C62H32N10/c63-33-38-11-17-43(18-12-38)46-19-25-58(71-54-21-13-39(34-64)27-48(54)49-28-40(35-65)14-22-55(49)71)52(31-46)53-32-47(62-69-60(44-7-3-1-4-8-44)68-61(70-62)45-9-5-2-6-10-45)20-26-59(53)72-56-23-15-41(36-66)29-50(56)51-30-42(37-67)16-24-57(51)72/h1-32H. The van der Waals surface area contributed by atoms with Gasteiger partial charge >= 0.3 is 0 Å². The van der Waals surface area contributed by atoms with Crippen molar-refractivity contribution in [1.29, 1.82) is 26.3 Å². The average molecular weight is 917 g/mol. The Hall–Kier alpha value is -11.0. The summed E-state index contributed by atoms with van der Waals surface area (Å²) in [5.41, 5.74) is 13.1. The van der Waals surface area contributed by atoms with Crippen molar-refractivity contribution in [2.75, 3.05) is 0 Å². The molecule has 10 heteroatoms. The zero-order valence-electron chi connectivity index (χ0n) is 37.9. The second kappa shape index (κ2) is 17.3. The van der Waals surface area contributed by atoms with Gasteiger partial charge in [-0.05, 0) is 126 Å². The fourth-order valence-electron chi connectivity index (χ4n) is 9.73. The van der Waals surface area contributed by atoms with Crippen molar-refractivity contribution in [1.82, 2.24) is 24.1 Å². The van der Waals surface area contributed by atoms with Gasteiger partial charge in [-0.2, -0.15) is 26.3 Å². The van der Waals surface area contributed by atoms with Gasteiger partial charge in [-0.3, -0.25) is 0 Å². The molecule has 72 heavy (non-hydrogen) atoms. The van der Waals surface area contributed by atoms with Crippen LogP contribution in [0, 0.1) is 56.7 Å². The van der Waals surface area contributed by atoms with E-state index in [1.54, 1.807) is 36.4 Å². The minimum absolute atomic E-state index is 0.449. The molecule has 0 radical (unpaired) electrons. The number of nitriles is 5. The number of hydrogen-bond acceptors (Lipinski definition) is 8. The van der Waals surface area contributed by atoms with E-state index in [9.17, 15) is 26.3 Å². The third kappa shape index (κ3) is 7.13. The van der Waals surface area contributed by atoms with Crippen LogP contribution in [-0.2, 0) is 0 Å². The topological polar surface area (TPSA) is 167 Å². The van der Waals surface area contributed by atoms with Gasteiger partial charge < -0.3 is 9.13 Å². The third-order valence-corrected chi connectivity index (χ3v) is 13.1. The minimum Gasteiger partial charge on any atom is -0.309 e. The van der Waals surface area contributed by atoms with E-state index in [2.05, 4.69) is 69.8 Å². The Balaban J connectivity index is 1.22. The highest BCUT2D eigenvalue weighted by molar-refractivity contribution is 6.12. The maximum atomic E-state index is 10.1. The highest BCUT2D eigenvalue weighted by Gasteiger charge is 2.24. The SMILES string of the molecule is N#Cc1ccc(-c2ccc(-n3c4ccc(C#N)cc4c4cc(C#N)ccc43)c(-c3cc(-c4nc(-c5ccccc5)nc(-c5ccccc5)n4)ccc3-n3c4ccc(C#N)cc4c4cc(C#N)ccc43)c2)cc1. The van der Waals surface area contributed by atoms with Gasteiger partial charge in [-0.15, -0.1) is 0 Å². The summed E-state index contributed by atoms with van der Waals surface area (Å²) in [5, 5.41) is 53.4. The van der Waals surface area contributed by atoms with Crippen LogP contribution in [0.4, 0.5) is 0 Å². The van der Waals surface area contributed by atoms with Crippen LogP contribution in [0.2, 0.25) is 0 Å². The molecule has 0 N–H and O–H groups in total. The Morgan fingerprint density at radius 1 is 0.278 bits per heavy atom. The highest BCUT2D eigenvalue weighted by Crippen LogP contribution is 2.44. The summed E-state index contributed by atoms with van der Waals surface area (Å²) >= 11 is 0. The van der Waals surface area contributed by atoms with E-state index < -0.39 is 0 Å². The number of rotatable bonds is 7. The molecule has 0 bridgehead atoms. The largest absolute Gasteiger partial charge is 0.309 e. The Morgan fingerprint density at radius 2 is 0.597 bits per heavy atom. The van der Waals surface area contributed by atoms with E-state index in [1.165, 1.54) is 0 Å².